The van der Waals surface area contributed by atoms with E-state index in [1.807, 2.05) is 0 Å². The van der Waals surface area contributed by atoms with Gasteiger partial charge in [0.25, 0.3) is 0 Å². The van der Waals surface area contributed by atoms with E-state index in [1.165, 1.54) is 17.7 Å². The van der Waals surface area contributed by atoms with Crippen molar-refractivity contribution in [3.05, 3.63) is 30.2 Å². The fourth-order valence-electron chi connectivity index (χ4n) is 2.69. The Hall–Kier alpha value is -2.22. The van der Waals surface area contributed by atoms with E-state index < -0.39 is 0 Å². The maximum atomic E-state index is 11.6. The Kier molecular flexibility index (Phi) is 5.58. The number of aromatic nitrogens is 3. The van der Waals surface area contributed by atoms with Gasteiger partial charge in [0.05, 0.1) is 12.2 Å². The van der Waals surface area contributed by atoms with Crippen LogP contribution in [0.3, 0.4) is 0 Å². The summed E-state index contributed by atoms with van der Waals surface area (Å²) in [5, 5.41) is 4.27. The number of carbonyl (C=O) groups is 1. The molecule has 2 heterocycles. The van der Waals surface area contributed by atoms with E-state index >= 15 is 0 Å². The first-order valence-electron chi connectivity index (χ1n) is 8.07. The van der Waals surface area contributed by atoms with E-state index in [0.717, 1.165) is 30.8 Å². The number of hydrogen-bond acceptors (Lipinski definition) is 8. The van der Waals surface area contributed by atoms with Gasteiger partial charge in [0.1, 0.15) is 12.4 Å². The van der Waals surface area contributed by atoms with Crippen molar-refractivity contribution in [3.8, 4) is 5.88 Å². The Balaban J connectivity index is 1.46. The quantitative estimate of drug-likeness (QED) is 0.803. The van der Waals surface area contributed by atoms with Crippen LogP contribution in [0.25, 0.3) is 0 Å². The highest BCUT2D eigenvalue weighted by Crippen LogP contribution is 2.25. The topological polar surface area (TPSA) is 86.2 Å². The third kappa shape index (κ3) is 4.41. The molecule has 0 atom stereocenters. The number of carbonyl (C=O) groups excluding carboxylic acids is 1. The van der Waals surface area contributed by atoms with Crippen molar-refractivity contribution in [2.75, 3.05) is 11.9 Å². The van der Waals surface area contributed by atoms with E-state index in [2.05, 4.69) is 19.7 Å². The summed E-state index contributed by atoms with van der Waals surface area (Å²) in [6.45, 7) is 2.13. The van der Waals surface area contributed by atoms with Crippen molar-refractivity contribution in [2.24, 2.45) is 0 Å². The minimum atomic E-state index is -0.361. The van der Waals surface area contributed by atoms with Gasteiger partial charge in [0.2, 0.25) is 11.0 Å². The molecule has 1 fully saturated rings. The molecular weight excluding hydrogens is 328 g/mol. The maximum Gasteiger partial charge on any atom is 0.339 e. The molecule has 0 saturated heterocycles. The lowest BCUT2D eigenvalue weighted by Gasteiger charge is -2.28. The number of nitrogens with zero attached hydrogens (tertiary/aromatic N) is 3. The summed E-state index contributed by atoms with van der Waals surface area (Å²) in [5.41, 5.74) is 0.439. The Morgan fingerprint density at radius 3 is 2.75 bits per heavy atom. The second kappa shape index (κ2) is 8.05. The van der Waals surface area contributed by atoms with E-state index in [4.69, 9.17) is 9.47 Å². The van der Waals surface area contributed by atoms with Crippen LogP contribution in [0.1, 0.15) is 43.0 Å². The number of esters is 1. The minimum Gasteiger partial charge on any atom is -0.474 e. The predicted molar refractivity (Wildman–Crippen MR) is 90.4 cm³/mol. The van der Waals surface area contributed by atoms with E-state index in [9.17, 15) is 4.79 Å². The van der Waals surface area contributed by atoms with Crippen molar-refractivity contribution in [3.63, 3.8) is 0 Å². The van der Waals surface area contributed by atoms with Crippen LogP contribution >= 0.6 is 11.5 Å². The summed E-state index contributed by atoms with van der Waals surface area (Å²) in [4.78, 5) is 19.9. The smallest absolute Gasteiger partial charge is 0.339 e. The first-order chi connectivity index (χ1) is 11.7. The molecule has 24 heavy (non-hydrogen) atoms. The molecule has 3 rings (SSSR count). The molecule has 1 aliphatic rings. The fraction of sp³-hybridized carbons (Fsp3) is 0.500. The van der Waals surface area contributed by atoms with Crippen molar-refractivity contribution in [1.29, 1.82) is 0 Å². The highest BCUT2D eigenvalue weighted by atomic mass is 32.1. The zero-order chi connectivity index (χ0) is 16.8. The van der Waals surface area contributed by atoms with Gasteiger partial charge in [0, 0.05) is 29.8 Å². The molecule has 8 heteroatoms. The second-order valence-electron chi connectivity index (χ2n) is 5.59. The summed E-state index contributed by atoms with van der Waals surface area (Å²) in [7, 11) is 0. The summed E-state index contributed by atoms with van der Waals surface area (Å²) in [6, 6.07) is 3.82. The van der Waals surface area contributed by atoms with Crippen LogP contribution in [0.5, 0.6) is 5.88 Å². The van der Waals surface area contributed by atoms with Crippen molar-refractivity contribution < 1.29 is 14.3 Å². The molecule has 0 radical (unpaired) electrons. The molecule has 1 saturated carbocycles. The van der Waals surface area contributed by atoms with Gasteiger partial charge < -0.3 is 14.8 Å². The van der Waals surface area contributed by atoms with Gasteiger partial charge in [-0.1, -0.05) is 0 Å². The molecule has 0 aliphatic heterocycles. The van der Waals surface area contributed by atoms with E-state index in [-0.39, 0.29) is 12.1 Å². The first-order valence-corrected chi connectivity index (χ1v) is 8.85. The molecule has 1 N–H and O–H groups in total. The number of pyridine rings is 1. The zero-order valence-corrected chi connectivity index (χ0v) is 14.3. The average molecular weight is 348 g/mol. The van der Waals surface area contributed by atoms with Gasteiger partial charge in [-0.25, -0.2) is 14.8 Å². The van der Waals surface area contributed by atoms with Gasteiger partial charge in [0.15, 0.2) is 0 Å². The molecule has 0 bridgehead atoms. The van der Waals surface area contributed by atoms with Crippen LogP contribution in [0.4, 0.5) is 5.13 Å². The lowest BCUT2D eigenvalue weighted by Crippen LogP contribution is -2.31. The van der Waals surface area contributed by atoms with Crippen molar-refractivity contribution >= 4 is 22.6 Å². The third-order valence-corrected chi connectivity index (χ3v) is 4.49. The molecule has 0 aromatic carbocycles. The van der Waals surface area contributed by atoms with E-state index in [0.29, 0.717) is 24.1 Å². The molecule has 0 spiro atoms. The van der Waals surface area contributed by atoms with Crippen LogP contribution in [0.15, 0.2) is 24.7 Å². The van der Waals surface area contributed by atoms with Crippen LogP contribution in [0.2, 0.25) is 0 Å². The zero-order valence-electron chi connectivity index (χ0n) is 13.5. The largest absolute Gasteiger partial charge is 0.474 e. The van der Waals surface area contributed by atoms with Gasteiger partial charge >= 0.3 is 5.97 Å². The Bertz CT molecular complexity index is 640. The lowest BCUT2D eigenvalue weighted by atomic mass is 9.93. The highest BCUT2D eigenvalue weighted by molar-refractivity contribution is 7.09. The average Bonchev–Trinajstić information content (AvgIpc) is 3.10. The minimum absolute atomic E-state index is 0.151. The summed E-state index contributed by atoms with van der Waals surface area (Å²) < 4.78 is 14.8. The monoisotopic (exact) mass is 348 g/mol. The Morgan fingerprint density at radius 1 is 1.29 bits per heavy atom. The van der Waals surface area contributed by atoms with Gasteiger partial charge in [-0.05, 0) is 38.7 Å². The number of rotatable bonds is 6. The second-order valence-corrected chi connectivity index (χ2v) is 6.37. The lowest BCUT2D eigenvalue weighted by molar-refractivity contribution is 0.0525. The molecule has 7 nitrogen and oxygen atoms in total. The molecule has 0 amide bonds. The van der Waals surface area contributed by atoms with Crippen LogP contribution in [-0.2, 0) is 4.74 Å². The number of nitrogens with one attached hydrogen (secondary N) is 1. The summed E-state index contributed by atoms with van der Waals surface area (Å²) >= 11 is 1.38. The number of hydrogen-bond donors (Lipinski definition) is 1. The highest BCUT2D eigenvalue weighted by Gasteiger charge is 2.23. The third-order valence-electron chi connectivity index (χ3n) is 3.90. The van der Waals surface area contributed by atoms with Crippen LogP contribution in [0, 0.1) is 0 Å². The Labute approximate surface area is 144 Å². The SMILES string of the molecule is CCOC(=O)c1ccc(OC2CCC(Nc3ncns3)CC2)nc1. The Morgan fingerprint density at radius 2 is 2.12 bits per heavy atom. The van der Waals surface area contributed by atoms with Gasteiger partial charge in [-0.3, -0.25) is 0 Å². The molecule has 1 aliphatic carbocycles. The number of ether oxygens (including phenoxy) is 2. The van der Waals surface area contributed by atoms with Gasteiger partial charge in [-0.15, -0.1) is 0 Å². The summed E-state index contributed by atoms with van der Waals surface area (Å²) in [6.07, 6.45) is 7.16. The number of anilines is 1. The molecule has 2 aromatic rings. The van der Waals surface area contributed by atoms with Crippen LogP contribution in [-0.4, -0.2) is 39.1 Å². The molecule has 0 unspecified atom stereocenters. The van der Waals surface area contributed by atoms with Gasteiger partial charge in [-0.2, -0.15) is 4.37 Å². The first kappa shape index (κ1) is 16.6. The normalized spacial score (nSPS) is 20.4. The standard InChI is InChI=1S/C16H20N4O3S/c1-2-22-15(21)11-3-8-14(17-9-11)23-13-6-4-12(5-7-13)20-16-18-10-19-24-16/h3,8-10,12-13H,2,4-7H2,1H3,(H,18,19,20). The van der Waals surface area contributed by atoms with E-state index in [1.54, 1.807) is 25.4 Å². The van der Waals surface area contributed by atoms with Crippen molar-refractivity contribution in [2.45, 2.75) is 44.8 Å². The molecule has 128 valence electrons. The fourth-order valence-corrected chi connectivity index (χ4v) is 3.20. The maximum absolute atomic E-state index is 11.6. The predicted octanol–water partition coefficient (Wildman–Crippen LogP) is 2.91. The summed E-state index contributed by atoms with van der Waals surface area (Å²) in [5.74, 6) is 0.184. The van der Waals surface area contributed by atoms with Crippen molar-refractivity contribution in [1.82, 2.24) is 14.3 Å². The molecule has 2 aromatic heterocycles. The van der Waals surface area contributed by atoms with Crippen LogP contribution < -0.4 is 10.1 Å². The molecular formula is C16H20N4O3S.